The summed E-state index contributed by atoms with van der Waals surface area (Å²) >= 11 is 0. The van der Waals surface area contributed by atoms with Crippen LogP contribution in [0.4, 0.5) is 0 Å². The van der Waals surface area contributed by atoms with E-state index in [2.05, 4.69) is 159 Å². The molecule has 0 saturated heterocycles. The zero-order valence-electron chi connectivity index (χ0n) is 22.6. The van der Waals surface area contributed by atoms with Crippen LogP contribution in [0.2, 0.25) is 19.6 Å². The molecular weight excluding hydrogens is 510 g/mol. The topological polar surface area (TPSA) is 0 Å². The molecule has 190 valence electrons. The summed E-state index contributed by atoms with van der Waals surface area (Å²) in [4.78, 5) is 0. The van der Waals surface area contributed by atoms with Gasteiger partial charge in [0.1, 0.15) is 0 Å². The van der Waals surface area contributed by atoms with Crippen LogP contribution in [0.5, 0.6) is 0 Å². The van der Waals surface area contributed by atoms with Crippen LogP contribution in [0.25, 0.3) is 0 Å². The van der Waals surface area contributed by atoms with Gasteiger partial charge in [0.25, 0.3) is 0 Å². The summed E-state index contributed by atoms with van der Waals surface area (Å²) in [6.07, 6.45) is 2.15. The highest BCUT2D eigenvalue weighted by molar-refractivity contribution is 7.72. The van der Waals surface area contributed by atoms with E-state index in [1.54, 1.807) is 5.19 Å². The molecule has 0 unspecified atom stereocenters. The van der Waals surface area contributed by atoms with Gasteiger partial charge in [0.15, 0.2) is 0 Å². The van der Waals surface area contributed by atoms with Crippen LogP contribution in [0.1, 0.15) is 11.1 Å². The van der Waals surface area contributed by atoms with Gasteiger partial charge in [-0.3, -0.25) is 0 Å². The highest BCUT2D eigenvalue weighted by Crippen LogP contribution is 2.40. The molecule has 5 aromatic carbocycles. The summed E-state index contributed by atoms with van der Waals surface area (Å²) in [7, 11) is -2.45. The van der Waals surface area contributed by atoms with E-state index in [-0.39, 0.29) is 0 Å². The van der Waals surface area contributed by atoms with Gasteiger partial charge in [0.05, 0.1) is 8.07 Å². The van der Waals surface area contributed by atoms with E-state index in [0.29, 0.717) is 0 Å². The van der Waals surface area contributed by atoms with Crippen LogP contribution in [0.3, 0.4) is 0 Å². The lowest BCUT2D eigenvalue weighted by Crippen LogP contribution is -2.38. The second-order valence-corrected chi connectivity index (χ2v) is 20.3. The smallest absolute Gasteiger partial charge is 0.0656 e. The van der Waals surface area contributed by atoms with Crippen molar-refractivity contribution >= 4 is 50.3 Å². The number of hydrogen-bond donors (Lipinski definition) is 0. The molecule has 0 aliphatic rings. The molecule has 0 aliphatic carbocycles. The zero-order chi connectivity index (χ0) is 26.4. The lowest BCUT2D eigenvalue weighted by Gasteiger charge is -2.25. The van der Waals surface area contributed by atoms with Gasteiger partial charge in [-0.1, -0.05) is 164 Å². The van der Waals surface area contributed by atoms with Crippen molar-refractivity contribution in [3.63, 3.8) is 0 Å². The Labute approximate surface area is 232 Å². The monoisotopic (exact) mass is 546 g/mol. The van der Waals surface area contributed by atoms with Gasteiger partial charge in [-0.05, 0) is 48.2 Å². The first-order valence-electron chi connectivity index (χ1n) is 13.4. The highest BCUT2D eigenvalue weighted by Gasteiger charge is 2.22. The van der Waals surface area contributed by atoms with Crippen molar-refractivity contribution in [1.82, 2.24) is 0 Å². The first-order chi connectivity index (χ1) is 18.5. The molecule has 0 radical (unpaired) electrons. The summed E-state index contributed by atoms with van der Waals surface area (Å²) in [5.74, 6) is 0. The quantitative estimate of drug-likeness (QED) is 0.133. The van der Waals surface area contributed by atoms with Crippen molar-refractivity contribution < 1.29 is 0 Å². The molecule has 0 aliphatic heterocycles. The Morgan fingerprint density at radius 1 is 0.421 bits per heavy atom. The first kappa shape index (κ1) is 26.8. The Morgan fingerprint density at radius 3 is 0.974 bits per heavy atom. The lowest BCUT2D eigenvalue weighted by atomic mass is 10.1. The predicted octanol–water partition coefficient (Wildman–Crippen LogP) is 7.50. The van der Waals surface area contributed by atoms with Crippen LogP contribution in [-0.4, -0.2) is 8.07 Å². The summed E-state index contributed by atoms with van der Waals surface area (Å²) in [6.45, 7) is 7.43. The van der Waals surface area contributed by atoms with Gasteiger partial charge in [-0.15, -0.1) is 0 Å². The van der Waals surface area contributed by atoms with Gasteiger partial charge in [-0.25, -0.2) is 0 Å². The minimum Gasteiger partial charge on any atom is -0.0656 e. The molecule has 38 heavy (non-hydrogen) atoms. The normalized spacial score (nSPS) is 11.7. The van der Waals surface area contributed by atoms with Crippen molar-refractivity contribution in [2.75, 3.05) is 0 Å². The van der Waals surface area contributed by atoms with Crippen LogP contribution in [0.15, 0.2) is 140 Å². The Balaban J connectivity index is 1.56. The Bertz CT molecular complexity index is 1250. The molecule has 0 amide bonds. The Hall–Kier alpha value is -2.82. The zero-order valence-corrected chi connectivity index (χ0v) is 25.4. The van der Waals surface area contributed by atoms with E-state index in [0.717, 1.165) is 12.3 Å². The maximum atomic E-state index is 2.53. The van der Waals surface area contributed by atoms with Crippen LogP contribution >= 0.6 is 15.8 Å². The van der Waals surface area contributed by atoms with Crippen LogP contribution in [0, 0.1) is 0 Å². The summed E-state index contributed by atoms with van der Waals surface area (Å²) in [6, 6.07) is 52.1. The van der Waals surface area contributed by atoms with Crippen molar-refractivity contribution in [2.45, 2.75) is 32.0 Å². The fourth-order valence-electron chi connectivity index (χ4n) is 4.84. The summed E-state index contributed by atoms with van der Waals surface area (Å²) in [5, 5.41) is 7.36. The lowest BCUT2D eigenvalue weighted by molar-refractivity contribution is 1.33. The molecule has 5 rings (SSSR count). The number of rotatable bonds is 9. The van der Waals surface area contributed by atoms with Crippen molar-refractivity contribution in [2.24, 2.45) is 0 Å². The van der Waals surface area contributed by atoms with Gasteiger partial charge in [0, 0.05) is 12.3 Å². The summed E-state index contributed by atoms with van der Waals surface area (Å²) < 4.78 is 0. The Morgan fingerprint density at radius 2 is 0.711 bits per heavy atom. The van der Waals surface area contributed by atoms with E-state index in [9.17, 15) is 0 Å². The third-order valence-electron chi connectivity index (χ3n) is 6.87. The van der Waals surface area contributed by atoms with Crippen molar-refractivity contribution in [3.8, 4) is 0 Å². The van der Waals surface area contributed by atoms with E-state index in [1.807, 2.05) is 0 Å². The van der Waals surface area contributed by atoms with E-state index in [4.69, 9.17) is 0 Å². The molecular formula is C35H36P2Si. The average Bonchev–Trinajstić information content (AvgIpc) is 2.96. The first-order valence-corrected chi connectivity index (χ1v) is 19.9. The maximum Gasteiger partial charge on any atom is 0.0776 e. The SMILES string of the molecule is C[Si](C)(C)c1cc(CP(c2ccccc2)c2ccccc2)cc(CP(c2ccccc2)c2ccccc2)c1. The largest absolute Gasteiger partial charge is 0.0776 e. The molecule has 0 heterocycles. The van der Waals surface area contributed by atoms with Gasteiger partial charge in [-0.2, -0.15) is 0 Å². The molecule has 0 N–H and O–H groups in total. The second-order valence-electron chi connectivity index (χ2n) is 10.8. The number of hydrogen-bond acceptors (Lipinski definition) is 0. The predicted molar refractivity (Wildman–Crippen MR) is 175 cm³/mol. The average molecular weight is 547 g/mol. The van der Waals surface area contributed by atoms with Gasteiger partial charge < -0.3 is 0 Å². The highest BCUT2D eigenvalue weighted by atomic mass is 31.1. The maximum absolute atomic E-state index is 2.53. The summed E-state index contributed by atoms with van der Waals surface area (Å²) in [5.41, 5.74) is 2.96. The second kappa shape index (κ2) is 12.4. The van der Waals surface area contributed by atoms with Crippen LogP contribution in [-0.2, 0) is 12.3 Å². The minimum atomic E-state index is -1.50. The minimum absolute atomic E-state index is 0.475. The fraction of sp³-hybridized carbons (Fsp3) is 0.143. The van der Waals surface area contributed by atoms with E-state index in [1.165, 1.54) is 32.3 Å². The molecule has 0 spiro atoms. The molecule has 0 bridgehead atoms. The standard InChI is InChI=1S/C35H36P2Si/c1-38(2,3)35-25-29(27-36(31-16-8-4-9-17-31)32-18-10-5-11-19-32)24-30(26-35)28-37(33-20-12-6-13-21-33)34-22-14-7-15-23-34/h4-26H,27-28H2,1-3H3. The van der Waals surface area contributed by atoms with Crippen molar-refractivity contribution in [1.29, 1.82) is 0 Å². The third-order valence-corrected chi connectivity index (χ3v) is 13.9. The molecule has 3 heteroatoms. The molecule has 0 nitrogen and oxygen atoms in total. The molecule has 5 aromatic rings. The van der Waals surface area contributed by atoms with Crippen LogP contribution < -0.4 is 26.4 Å². The van der Waals surface area contributed by atoms with E-state index < -0.39 is 23.9 Å². The van der Waals surface area contributed by atoms with Gasteiger partial charge in [0.2, 0.25) is 0 Å². The fourth-order valence-corrected chi connectivity index (χ4v) is 10.6. The van der Waals surface area contributed by atoms with Gasteiger partial charge >= 0.3 is 0 Å². The van der Waals surface area contributed by atoms with Crippen molar-refractivity contribution in [3.05, 3.63) is 151 Å². The van der Waals surface area contributed by atoms with E-state index >= 15 is 0 Å². The molecule has 0 aromatic heterocycles. The molecule has 0 fully saturated rings. The molecule has 0 atom stereocenters. The Kier molecular flexibility index (Phi) is 8.70. The molecule has 0 saturated carbocycles. The third kappa shape index (κ3) is 6.78. The number of benzene rings is 5.